The monoisotopic (exact) mass is 262 g/mol. The summed E-state index contributed by atoms with van der Waals surface area (Å²) in [6.07, 6.45) is 8.00. The van der Waals surface area contributed by atoms with Crippen LogP contribution in [0.15, 0.2) is 0 Å². The van der Waals surface area contributed by atoms with Crippen LogP contribution in [0.4, 0.5) is 0 Å². The summed E-state index contributed by atoms with van der Waals surface area (Å²) in [6, 6.07) is 0.686. The summed E-state index contributed by atoms with van der Waals surface area (Å²) in [4.78, 5) is 2.72. The van der Waals surface area contributed by atoms with Gasteiger partial charge in [0, 0.05) is 37.6 Å². The van der Waals surface area contributed by atoms with Crippen molar-refractivity contribution in [2.45, 2.75) is 70.9 Å². The second-order valence-corrected chi connectivity index (χ2v) is 6.68. The first-order chi connectivity index (χ1) is 9.17. The predicted octanol–water partition coefficient (Wildman–Crippen LogP) is 3.03. The van der Waals surface area contributed by atoms with Gasteiger partial charge in [-0.05, 0) is 25.7 Å². The molecule has 0 bridgehead atoms. The zero-order valence-corrected chi connectivity index (χ0v) is 13.0. The molecule has 2 rings (SSSR count). The zero-order valence-electron chi connectivity index (χ0n) is 13.0. The van der Waals surface area contributed by atoms with Crippen molar-refractivity contribution in [2.75, 3.05) is 19.6 Å². The molecule has 1 saturated carbocycles. The van der Waals surface area contributed by atoms with Crippen molar-refractivity contribution in [3.63, 3.8) is 0 Å². The molecule has 1 unspecified atom stereocenters. The number of hydrogen-bond donors (Lipinski definition) is 1. The maximum Gasteiger partial charge on any atom is 0.0309 e. The van der Waals surface area contributed by atoms with Gasteiger partial charge in [-0.3, -0.25) is 4.90 Å². The van der Waals surface area contributed by atoms with Crippen LogP contribution in [-0.4, -0.2) is 36.1 Å². The number of nitrogens with zero attached hydrogens (tertiary/aromatic N) is 1. The van der Waals surface area contributed by atoms with E-state index in [2.05, 4.69) is 35.9 Å². The lowest BCUT2D eigenvalue weighted by molar-refractivity contribution is 0.0382. The van der Waals surface area contributed by atoms with E-state index in [-0.39, 0.29) is 0 Å². The van der Waals surface area contributed by atoms with Gasteiger partial charge in [0.05, 0.1) is 0 Å². The van der Waals surface area contributed by atoms with Crippen LogP contribution in [0.25, 0.3) is 0 Å². The highest BCUT2D eigenvalue weighted by Crippen LogP contribution is 2.33. The average Bonchev–Trinajstić information content (AvgIpc) is 2.40. The fourth-order valence-corrected chi connectivity index (χ4v) is 3.80. The third-order valence-electron chi connectivity index (χ3n) is 4.94. The van der Waals surface area contributed by atoms with Crippen molar-refractivity contribution in [2.24, 2.45) is 5.92 Å². The van der Waals surface area contributed by atoms with Gasteiger partial charge in [0.1, 0.15) is 0 Å². The third kappa shape index (κ3) is 3.74. The van der Waals surface area contributed by atoms with E-state index in [1.807, 2.05) is 6.92 Å². The molecule has 1 atom stereocenters. The van der Waals surface area contributed by atoms with Crippen LogP contribution in [0.2, 0.25) is 0 Å². The van der Waals surface area contributed by atoms with Gasteiger partial charge in [-0.1, -0.05) is 33.1 Å². The Morgan fingerprint density at radius 3 is 2.63 bits per heavy atom. The predicted molar refractivity (Wildman–Crippen MR) is 82.1 cm³/mol. The molecule has 2 nitrogen and oxygen atoms in total. The molecule has 0 aromatic rings. The molecule has 1 N–H and O–H groups in total. The highest BCUT2D eigenvalue weighted by Gasteiger charge is 2.40. The summed E-state index contributed by atoms with van der Waals surface area (Å²) in [5, 5.41) is 3.91. The lowest BCUT2D eigenvalue weighted by Gasteiger charge is -2.50. The number of piperazine rings is 1. The lowest BCUT2D eigenvalue weighted by Crippen LogP contribution is -2.65. The van der Waals surface area contributed by atoms with Crippen LogP contribution < -0.4 is 5.32 Å². The molecule has 108 valence electrons. The molecule has 0 amide bonds. The van der Waals surface area contributed by atoms with Crippen LogP contribution in [0.1, 0.15) is 59.3 Å². The Hall–Kier alpha value is -0.520. The number of hydrogen-bond acceptors (Lipinski definition) is 2. The summed E-state index contributed by atoms with van der Waals surface area (Å²) >= 11 is 0. The van der Waals surface area contributed by atoms with Gasteiger partial charge in [0.25, 0.3) is 0 Å². The first-order valence-electron chi connectivity index (χ1n) is 8.05. The standard InChI is InChI=1S/C17H30N2/c1-4-5-9-12-19-14-17(10-7-6-8-11-17)18-13-16(19)15(2)3/h15-16,18H,6-14H2,1-3H3. The molecular weight excluding hydrogens is 232 g/mol. The Balaban J connectivity index is 2.00. The van der Waals surface area contributed by atoms with Crippen LogP contribution in [0, 0.1) is 17.8 Å². The van der Waals surface area contributed by atoms with E-state index < -0.39 is 0 Å². The Bertz CT molecular complexity index is 331. The fraction of sp³-hybridized carbons (Fsp3) is 0.882. The molecule has 19 heavy (non-hydrogen) atoms. The molecule has 0 radical (unpaired) electrons. The van der Waals surface area contributed by atoms with Gasteiger partial charge in [0.2, 0.25) is 0 Å². The maximum absolute atomic E-state index is 3.91. The van der Waals surface area contributed by atoms with E-state index in [4.69, 9.17) is 0 Å². The first-order valence-corrected chi connectivity index (χ1v) is 8.05. The molecule has 1 heterocycles. The molecular formula is C17H30N2. The van der Waals surface area contributed by atoms with Crippen molar-refractivity contribution < 1.29 is 0 Å². The molecule has 1 aliphatic carbocycles. The summed E-state index contributed by atoms with van der Waals surface area (Å²) in [5.41, 5.74) is 0.420. The quantitative estimate of drug-likeness (QED) is 0.787. The highest BCUT2D eigenvalue weighted by atomic mass is 15.3. The molecule has 1 aliphatic heterocycles. The Morgan fingerprint density at radius 2 is 2.00 bits per heavy atom. The number of rotatable bonds is 3. The SMILES string of the molecule is CC#CCCN1CC2(CCCCC2)NCC1C(C)C. The zero-order chi connectivity index (χ0) is 13.7. The normalized spacial score (nSPS) is 27.3. The Morgan fingerprint density at radius 1 is 1.26 bits per heavy atom. The van der Waals surface area contributed by atoms with Gasteiger partial charge in [-0.2, -0.15) is 0 Å². The Labute approximate surface area is 119 Å². The van der Waals surface area contributed by atoms with E-state index in [0.717, 1.165) is 25.4 Å². The minimum atomic E-state index is 0.420. The minimum absolute atomic E-state index is 0.420. The van der Waals surface area contributed by atoms with Crippen molar-refractivity contribution in [1.29, 1.82) is 0 Å². The van der Waals surface area contributed by atoms with Gasteiger partial charge in [0.15, 0.2) is 0 Å². The summed E-state index contributed by atoms with van der Waals surface area (Å²) < 4.78 is 0. The number of nitrogens with one attached hydrogen (secondary N) is 1. The second kappa shape index (κ2) is 6.77. The van der Waals surface area contributed by atoms with Crippen molar-refractivity contribution in [3.05, 3.63) is 0 Å². The minimum Gasteiger partial charge on any atom is -0.308 e. The second-order valence-electron chi connectivity index (χ2n) is 6.68. The summed E-state index contributed by atoms with van der Waals surface area (Å²) in [7, 11) is 0. The smallest absolute Gasteiger partial charge is 0.0309 e. The summed E-state index contributed by atoms with van der Waals surface area (Å²) in [5.74, 6) is 6.99. The van der Waals surface area contributed by atoms with Crippen LogP contribution >= 0.6 is 0 Å². The van der Waals surface area contributed by atoms with Gasteiger partial charge in [-0.15, -0.1) is 11.8 Å². The van der Waals surface area contributed by atoms with Crippen molar-refractivity contribution in [3.8, 4) is 11.8 Å². The molecule has 2 heteroatoms. The van der Waals surface area contributed by atoms with Gasteiger partial charge >= 0.3 is 0 Å². The molecule has 2 fully saturated rings. The molecule has 2 aliphatic rings. The van der Waals surface area contributed by atoms with E-state index >= 15 is 0 Å². The topological polar surface area (TPSA) is 15.3 Å². The maximum atomic E-state index is 3.91. The summed E-state index contributed by atoms with van der Waals surface area (Å²) in [6.45, 7) is 10.2. The van der Waals surface area contributed by atoms with Gasteiger partial charge < -0.3 is 5.32 Å². The lowest BCUT2D eigenvalue weighted by atomic mass is 9.78. The van der Waals surface area contributed by atoms with E-state index in [9.17, 15) is 0 Å². The van der Waals surface area contributed by atoms with Crippen LogP contribution in [0.3, 0.4) is 0 Å². The largest absolute Gasteiger partial charge is 0.308 e. The highest BCUT2D eigenvalue weighted by molar-refractivity contribution is 5.02. The van der Waals surface area contributed by atoms with E-state index in [0.29, 0.717) is 11.6 Å². The fourth-order valence-electron chi connectivity index (χ4n) is 3.80. The van der Waals surface area contributed by atoms with E-state index in [1.54, 1.807) is 0 Å². The molecule has 1 saturated heterocycles. The van der Waals surface area contributed by atoms with Crippen molar-refractivity contribution in [1.82, 2.24) is 10.2 Å². The third-order valence-corrected chi connectivity index (χ3v) is 4.94. The van der Waals surface area contributed by atoms with Crippen LogP contribution in [0.5, 0.6) is 0 Å². The molecule has 0 aromatic carbocycles. The average molecular weight is 262 g/mol. The van der Waals surface area contributed by atoms with Crippen LogP contribution in [-0.2, 0) is 0 Å². The first kappa shape index (κ1) is 14.9. The molecule has 1 spiro atoms. The van der Waals surface area contributed by atoms with E-state index in [1.165, 1.54) is 38.6 Å². The Kier molecular flexibility index (Phi) is 5.30. The molecule has 0 aromatic heterocycles. The van der Waals surface area contributed by atoms with Gasteiger partial charge in [-0.25, -0.2) is 0 Å². The van der Waals surface area contributed by atoms with Crippen molar-refractivity contribution >= 4 is 0 Å².